The maximum absolute atomic E-state index is 9.86. The van der Waals surface area contributed by atoms with Crippen LogP contribution in [0.1, 0.15) is 71.1 Å². The lowest BCUT2D eigenvalue weighted by atomic mass is 9.81. The summed E-state index contributed by atoms with van der Waals surface area (Å²) in [4.78, 5) is 4.79. The lowest BCUT2D eigenvalue weighted by Gasteiger charge is -2.23. The molecule has 0 aromatic heterocycles. The van der Waals surface area contributed by atoms with E-state index in [2.05, 4.69) is 25.2 Å². The second-order valence-corrected chi connectivity index (χ2v) is 6.95. The first-order chi connectivity index (χ1) is 10.8. The Balaban J connectivity index is 1.59. The van der Waals surface area contributed by atoms with E-state index in [0.717, 1.165) is 25.0 Å². The molecule has 2 nitrogen and oxygen atoms in total. The average Bonchev–Trinajstić information content (AvgIpc) is 2.88. The van der Waals surface area contributed by atoms with Gasteiger partial charge in [-0.05, 0) is 36.5 Å². The van der Waals surface area contributed by atoms with E-state index in [9.17, 15) is 5.11 Å². The Morgan fingerprint density at radius 1 is 1.18 bits per heavy atom. The van der Waals surface area contributed by atoms with E-state index in [-0.39, 0.29) is 6.10 Å². The lowest BCUT2D eigenvalue weighted by Crippen LogP contribution is -2.21. The van der Waals surface area contributed by atoms with Gasteiger partial charge in [-0.1, -0.05) is 57.6 Å². The van der Waals surface area contributed by atoms with Crippen LogP contribution in [-0.2, 0) is 0 Å². The quantitative estimate of drug-likeness (QED) is 0.651. The highest BCUT2D eigenvalue weighted by Crippen LogP contribution is 2.41. The third-order valence-corrected chi connectivity index (χ3v) is 5.20. The predicted molar refractivity (Wildman–Crippen MR) is 93.0 cm³/mol. The van der Waals surface area contributed by atoms with Crippen molar-refractivity contribution in [3.05, 3.63) is 35.1 Å². The van der Waals surface area contributed by atoms with E-state index in [0.29, 0.717) is 5.92 Å². The highest BCUT2D eigenvalue weighted by atomic mass is 16.3. The van der Waals surface area contributed by atoms with Crippen molar-refractivity contribution in [1.29, 1.82) is 0 Å². The number of hydrogen-bond acceptors (Lipinski definition) is 2. The van der Waals surface area contributed by atoms with Crippen LogP contribution in [0, 0.1) is 5.92 Å². The van der Waals surface area contributed by atoms with Crippen molar-refractivity contribution in [3.63, 3.8) is 0 Å². The van der Waals surface area contributed by atoms with E-state index >= 15 is 0 Å². The lowest BCUT2D eigenvalue weighted by molar-refractivity contribution is 0.168. The van der Waals surface area contributed by atoms with E-state index in [1.165, 1.54) is 61.8 Å². The summed E-state index contributed by atoms with van der Waals surface area (Å²) in [6.07, 6.45) is 18.6. The van der Waals surface area contributed by atoms with Crippen molar-refractivity contribution in [2.45, 2.75) is 77.2 Å². The normalized spacial score (nSPS) is 26.6. The van der Waals surface area contributed by atoms with Crippen molar-refractivity contribution in [2.75, 3.05) is 0 Å². The first-order valence-electron chi connectivity index (χ1n) is 9.17. The Morgan fingerprint density at radius 3 is 2.86 bits per heavy atom. The van der Waals surface area contributed by atoms with E-state index in [1.807, 2.05) is 0 Å². The standard InChI is InChI=1S/C20H29NO/c1-2-3-4-5-6-7-9-15-10-8-11-18-20(15)17-13-12-16(22)14-19(17)21-18/h8,10-11,15-16,22H,2-7,9,12-14H2,1H3. The molecular formula is C20H29NO. The highest BCUT2D eigenvalue weighted by molar-refractivity contribution is 6.06. The molecular weight excluding hydrogens is 270 g/mol. The molecule has 120 valence electrons. The maximum atomic E-state index is 9.86. The molecule has 1 saturated carbocycles. The molecule has 1 N–H and O–H groups in total. The maximum Gasteiger partial charge on any atom is 0.0674 e. The van der Waals surface area contributed by atoms with Crippen LogP contribution in [0.5, 0.6) is 0 Å². The zero-order valence-electron chi connectivity index (χ0n) is 13.9. The minimum Gasteiger partial charge on any atom is -0.393 e. The summed E-state index contributed by atoms with van der Waals surface area (Å²) in [7, 11) is 0. The molecule has 1 aliphatic heterocycles. The van der Waals surface area contributed by atoms with Crippen molar-refractivity contribution in [3.8, 4) is 0 Å². The number of allylic oxidation sites excluding steroid dienone is 5. The summed E-state index contributed by atoms with van der Waals surface area (Å²) >= 11 is 0. The van der Waals surface area contributed by atoms with Crippen molar-refractivity contribution >= 4 is 5.71 Å². The number of aliphatic hydroxyl groups excluding tert-OH is 1. The monoisotopic (exact) mass is 299 g/mol. The molecule has 3 rings (SSSR count). The van der Waals surface area contributed by atoms with Crippen LogP contribution in [0.3, 0.4) is 0 Å². The number of rotatable bonds is 7. The highest BCUT2D eigenvalue weighted by Gasteiger charge is 2.32. The average molecular weight is 299 g/mol. The van der Waals surface area contributed by atoms with Gasteiger partial charge in [0.25, 0.3) is 0 Å². The first-order valence-corrected chi connectivity index (χ1v) is 9.17. The number of nitrogens with zero attached hydrogens (tertiary/aromatic N) is 1. The molecule has 0 bridgehead atoms. The molecule has 0 amide bonds. The molecule has 0 spiro atoms. The molecule has 2 heteroatoms. The molecule has 2 unspecified atom stereocenters. The van der Waals surface area contributed by atoms with Gasteiger partial charge < -0.3 is 5.11 Å². The van der Waals surface area contributed by atoms with Crippen molar-refractivity contribution in [2.24, 2.45) is 10.9 Å². The zero-order chi connectivity index (χ0) is 15.4. The first kappa shape index (κ1) is 15.7. The molecule has 22 heavy (non-hydrogen) atoms. The Kier molecular flexibility index (Phi) is 5.30. The van der Waals surface area contributed by atoms with Crippen LogP contribution in [0.25, 0.3) is 0 Å². The minimum absolute atomic E-state index is 0.186. The summed E-state index contributed by atoms with van der Waals surface area (Å²) in [5.41, 5.74) is 5.28. The second kappa shape index (κ2) is 7.41. The van der Waals surface area contributed by atoms with Crippen LogP contribution in [0.4, 0.5) is 0 Å². The number of aliphatic hydroxyl groups is 1. The third-order valence-electron chi connectivity index (χ3n) is 5.20. The molecule has 0 aromatic rings. The van der Waals surface area contributed by atoms with Gasteiger partial charge in [0.1, 0.15) is 0 Å². The summed E-state index contributed by atoms with van der Waals surface area (Å²) < 4.78 is 0. The van der Waals surface area contributed by atoms with Gasteiger partial charge in [-0.2, -0.15) is 0 Å². The molecule has 2 atom stereocenters. The van der Waals surface area contributed by atoms with Crippen LogP contribution < -0.4 is 0 Å². The molecule has 0 saturated heterocycles. The van der Waals surface area contributed by atoms with Crippen LogP contribution >= 0.6 is 0 Å². The van der Waals surface area contributed by atoms with Gasteiger partial charge in [0.05, 0.1) is 11.8 Å². The molecule has 1 heterocycles. The van der Waals surface area contributed by atoms with Gasteiger partial charge in [0.15, 0.2) is 0 Å². The summed E-state index contributed by atoms with van der Waals surface area (Å²) in [5, 5.41) is 9.86. The Hall–Kier alpha value is -1.15. The number of hydrogen-bond donors (Lipinski definition) is 1. The number of aliphatic imine (C=N–C) groups is 1. The Morgan fingerprint density at radius 2 is 2.00 bits per heavy atom. The van der Waals surface area contributed by atoms with Crippen molar-refractivity contribution < 1.29 is 5.11 Å². The second-order valence-electron chi connectivity index (χ2n) is 6.95. The number of unbranched alkanes of at least 4 members (excludes halogenated alkanes) is 5. The van der Waals surface area contributed by atoms with Crippen LogP contribution in [0.15, 0.2) is 40.1 Å². The van der Waals surface area contributed by atoms with Crippen LogP contribution in [-0.4, -0.2) is 16.9 Å². The molecule has 2 aliphatic carbocycles. The Labute approximate surface area is 134 Å². The van der Waals surface area contributed by atoms with Gasteiger partial charge in [0.2, 0.25) is 0 Å². The topological polar surface area (TPSA) is 32.6 Å². The smallest absolute Gasteiger partial charge is 0.0674 e. The fourth-order valence-electron chi connectivity index (χ4n) is 3.97. The minimum atomic E-state index is -0.186. The van der Waals surface area contributed by atoms with E-state index in [1.54, 1.807) is 0 Å². The van der Waals surface area contributed by atoms with Gasteiger partial charge in [-0.15, -0.1) is 0 Å². The number of fused-ring (bicyclic) bond motifs is 2. The molecule has 0 radical (unpaired) electrons. The van der Waals surface area contributed by atoms with Gasteiger partial charge in [-0.25, -0.2) is 0 Å². The summed E-state index contributed by atoms with van der Waals surface area (Å²) in [6.45, 7) is 2.27. The van der Waals surface area contributed by atoms with Gasteiger partial charge in [0, 0.05) is 18.1 Å². The van der Waals surface area contributed by atoms with Crippen molar-refractivity contribution in [1.82, 2.24) is 0 Å². The van der Waals surface area contributed by atoms with Crippen LogP contribution in [0.2, 0.25) is 0 Å². The fourth-order valence-corrected chi connectivity index (χ4v) is 3.97. The SMILES string of the molecule is CCCCCCCCC1C=CC=C2N=C3CC(O)CCC3=C21. The Bertz CT molecular complexity index is 524. The largest absolute Gasteiger partial charge is 0.393 e. The predicted octanol–water partition coefficient (Wildman–Crippen LogP) is 5.10. The molecule has 1 fully saturated rings. The molecule has 3 aliphatic rings. The summed E-state index contributed by atoms with van der Waals surface area (Å²) in [5.74, 6) is 0.553. The zero-order valence-corrected chi connectivity index (χ0v) is 13.9. The van der Waals surface area contributed by atoms with E-state index < -0.39 is 0 Å². The van der Waals surface area contributed by atoms with Gasteiger partial charge >= 0.3 is 0 Å². The van der Waals surface area contributed by atoms with Gasteiger partial charge in [-0.3, -0.25) is 4.99 Å². The van der Waals surface area contributed by atoms with E-state index in [4.69, 9.17) is 4.99 Å². The molecule has 0 aromatic carbocycles. The third kappa shape index (κ3) is 3.43. The fraction of sp³-hybridized carbons (Fsp3) is 0.650. The summed E-state index contributed by atoms with van der Waals surface area (Å²) in [6, 6.07) is 0.